The van der Waals surface area contributed by atoms with Crippen LogP contribution < -0.4 is 5.32 Å². The van der Waals surface area contributed by atoms with Gasteiger partial charge >= 0.3 is 6.09 Å². The quantitative estimate of drug-likeness (QED) is 0.579. The minimum Gasteiger partial charge on any atom is -0.465 e. The zero-order valence-electron chi connectivity index (χ0n) is 6.71. The molecule has 1 rings (SSSR count). The van der Waals surface area contributed by atoms with Gasteiger partial charge in [-0.15, -0.1) is 0 Å². The number of carbonyl (C=O) groups is 1. The van der Waals surface area contributed by atoms with Crippen LogP contribution in [0.4, 0.5) is 4.79 Å². The lowest BCUT2D eigenvalue weighted by Crippen LogP contribution is -2.46. The summed E-state index contributed by atoms with van der Waals surface area (Å²) in [6.45, 7) is 1.32. The Hall–Kier alpha value is -0.770. The van der Waals surface area contributed by atoms with Gasteiger partial charge in [-0.3, -0.25) is 0 Å². The van der Waals surface area contributed by atoms with Gasteiger partial charge in [-0.25, -0.2) is 4.79 Å². The van der Waals surface area contributed by atoms with Crippen LogP contribution in [0, 0.1) is 0 Å². The molecule has 1 aliphatic rings. The summed E-state index contributed by atoms with van der Waals surface area (Å²) in [5.41, 5.74) is 0. The van der Waals surface area contributed by atoms with Crippen molar-refractivity contribution < 1.29 is 9.90 Å². The Morgan fingerprint density at radius 1 is 1.73 bits per heavy atom. The first-order chi connectivity index (χ1) is 5.24. The fourth-order valence-electron chi connectivity index (χ4n) is 1.39. The molecule has 11 heavy (non-hydrogen) atoms. The molecule has 1 unspecified atom stereocenters. The van der Waals surface area contributed by atoms with Crippen LogP contribution in [-0.2, 0) is 0 Å². The van der Waals surface area contributed by atoms with Gasteiger partial charge in [-0.1, -0.05) is 0 Å². The maximum Gasteiger partial charge on any atom is 0.407 e. The van der Waals surface area contributed by atoms with E-state index in [-0.39, 0.29) is 0 Å². The van der Waals surface area contributed by atoms with Crippen molar-refractivity contribution in [1.29, 1.82) is 0 Å². The maximum absolute atomic E-state index is 10.5. The van der Waals surface area contributed by atoms with Gasteiger partial charge in [0.25, 0.3) is 0 Å². The highest BCUT2D eigenvalue weighted by Gasteiger charge is 2.21. The van der Waals surface area contributed by atoms with Crippen molar-refractivity contribution >= 4 is 6.09 Å². The third-order valence-corrected chi connectivity index (χ3v) is 2.10. The van der Waals surface area contributed by atoms with E-state index in [0.717, 1.165) is 12.8 Å². The monoisotopic (exact) mass is 158 g/mol. The first-order valence-corrected chi connectivity index (χ1v) is 3.89. The van der Waals surface area contributed by atoms with E-state index < -0.39 is 6.09 Å². The van der Waals surface area contributed by atoms with Gasteiger partial charge in [0, 0.05) is 19.1 Å². The van der Waals surface area contributed by atoms with E-state index in [9.17, 15) is 4.79 Å². The third-order valence-electron chi connectivity index (χ3n) is 2.10. The molecule has 0 bridgehead atoms. The Balaban J connectivity index is 2.39. The zero-order chi connectivity index (χ0) is 8.27. The second-order valence-corrected chi connectivity index (χ2v) is 2.86. The minimum absolute atomic E-state index is 0.347. The average molecular weight is 158 g/mol. The molecule has 1 atom stereocenters. The highest BCUT2D eigenvalue weighted by molar-refractivity contribution is 5.65. The summed E-state index contributed by atoms with van der Waals surface area (Å²) in [5, 5.41) is 11.7. The van der Waals surface area contributed by atoms with Crippen molar-refractivity contribution in [2.45, 2.75) is 18.9 Å². The van der Waals surface area contributed by atoms with Crippen molar-refractivity contribution in [1.82, 2.24) is 10.2 Å². The molecular formula is C7H14N2O2. The van der Waals surface area contributed by atoms with E-state index in [2.05, 4.69) is 5.32 Å². The van der Waals surface area contributed by atoms with E-state index >= 15 is 0 Å². The van der Waals surface area contributed by atoms with Crippen molar-refractivity contribution in [3.05, 3.63) is 0 Å². The molecule has 0 spiro atoms. The second kappa shape index (κ2) is 3.57. The number of hydrogen-bond donors (Lipinski definition) is 2. The van der Waals surface area contributed by atoms with Gasteiger partial charge in [0.1, 0.15) is 0 Å². The molecule has 1 heterocycles. The zero-order valence-corrected chi connectivity index (χ0v) is 6.71. The molecule has 0 aromatic carbocycles. The Bertz CT molecular complexity index is 149. The fourth-order valence-corrected chi connectivity index (χ4v) is 1.39. The van der Waals surface area contributed by atoms with E-state index in [1.54, 1.807) is 0 Å². The lowest BCUT2D eigenvalue weighted by Gasteiger charge is -2.30. The van der Waals surface area contributed by atoms with Crippen LogP contribution in [0.1, 0.15) is 12.8 Å². The molecule has 1 fully saturated rings. The van der Waals surface area contributed by atoms with Crippen LogP contribution in [0.5, 0.6) is 0 Å². The Morgan fingerprint density at radius 2 is 2.45 bits per heavy atom. The predicted octanol–water partition coefficient (Wildman–Crippen LogP) is 0.348. The van der Waals surface area contributed by atoms with Gasteiger partial charge in [-0.2, -0.15) is 0 Å². The van der Waals surface area contributed by atoms with Crippen LogP contribution in [-0.4, -0.2) is 42.3 Å². The molecule has 1 saturated heterocycles. The minimum atomic E-state index is -0.801. The number of nitrogens with zero attached hydrogens (tertiary/aromatic N) is 1. The number of likely N-dealkylation sites (N-methyl/N-ethyl adjacent to an activating group) is 1. The first-order valence-electron chi connectivity index (χ1n) is 3.89. The second-order valence-electron chi connectivity index (χ2n) is 2.86. The van der Waals surface area contributed by atoms with Crippen molar-refractivity contribution in [3.8, 4) is 0 Å². The van der Waals surface area contributed by atoms with Crippen LogP contribution in [0.3, 0.4) is 0 Å². The highest BCUT2D eigenvalue weighted by Crippen LogP contribution is 2.08. The molecule has 4 heteroatoms. The van der Waals surface area contributed by atoms with Crippen LogP contribution in [0.25, 0.3) is 0 Å². The summed E-state index contributed by atoms with van der Waals surface area (Å²) in [6.07, 6.45) is 1.25. The Morgan fingerprint density at radius 3 is 3.00 bits per heavy atom. The molecule has 64 valence electrons. The number of nitrogens with one attached hydrogen (secondary N) is 1. The molecule has 1 amide bonds. The lowest BCUT2D eigenvalue weighted by atomic mass is 10.1. The van der Waals surface area contributed by atoms with Gasteiger partial charge in [-0.05, 0) is 19.9 Å². The summed E-state index contributed by atoms with van der Waals surface area (Å²) in [5.74, 6) is 0. The molecule has 0 aromatic rings. The number of piperidine rings is 1. The van der Waals surface area contributed by atoms with Gasteiger partial charge < -0.3 is 15.3 Å². The molecular weight excluding hydrogens is 144 g/mol. The molecule has 2 N–H and O–H groups in total. The van der Waals surface area contributed by atoms with Crippen molar-refractivity contribution in [2.75, 3.05) is 20.1 Å². The number of hydrogen-bond acceptors (Lipinski definition) is 2. The summed E-state index contributed by atoms with van der Waals surface area (Å²) in [4.78, 5) is 12.0. The van der Waals surface area contributed by atoms with E-state index in [1.807, 2.05) is 7.05 Å². The van der Waals surface area contributed by atoms with Crippen LogP contribution >= 0.6 is 0 Å². The van der Waals surface area contributed by atoms with Crippen LogP contribution in [0.2, 0.25) is 0 Å². The summed E-state index contributed by atoms with van der Waals surface area (Å²) < 4.78 is 0. The third kappa shape index (κ3) is 2.08. The first kappa shape index (κ1) is 8.33. The number of amides is 1. The fraction of sp³-hybridized carbons (Fsp3) is 0.857. The Labute approximate surface area is 66.2 Å². The molecule has 1 aliphatic heterocycles. The number of carboxylic acid groups (broad SMARTS) is 1. The smallest absolute Gasteiger partial charge is 0.407 e. The maximum atomic E-state index is 10.5. The number of rotatable bonds is 1. The largest absolute Gasteiger partial charge is 0.465 e. The van der Waals surface area contributed by atoms with Crippen molar-refractivity contribution in [3.63, 3.8) is 0 Å². The molecule has 0 radical (unpaired) electrons. The lowest BCUT2D eigenvalue weighted by molar-refractivity contribution is 0.127. The predicted molar refractivity (Wildman–Crippen MR) is 41.7 cm³/mol. The molecule has 0 saturated carbocycles. The van der Waals surface area contributed by atoms with E-state index in [0.29, 0.717) is 19.1 Å². The average Bonchev–Trinajstić information content (AvgIpc) is 2.05. The Kier molecular flexibility index (Phi) is 2.70. The van der Waals surface area contributed by atoms with E-state index in [1.165, 1.54) is 4.90 Å². The summed E-state index contributed by atoms with van der Waals surface area (Å²) in [6, 6.07) is 0.347. The standard InChI is InChI=1S/C7H14N2O2/c1-8-6-3-2-4-9(5-6)7(10)11/h6,8H,2-5H2,1H3,(H,10,11). The molecule has 4 nitrogen and oxygen atoms in total. The number of likely N-dealkylation sites (tertiary alicyclic amines) is 1. The molecule has 0 aromatic heterocycles. The summed E-state index contributed by atoms with van der Waals surface area (Å²) >= 11 is 0. The highest BCUT2D eigenvalue weighted by atomic mass is 16.4. The van der Waals surface area contributed by atoms with E-state index in [4.69, 9.17) is 5.11 Å². The SMILES string of the molecule is CNC1CCCN(C(=O)O)C1. The normalized spacial score (nSPS) is 25.2. The van der Waals surface area contributed by atoms with Gasteiger partial charge in [0.05, 0.1) is 0 Å². The van der Waals surface area contributed by atoms with Crippen molar-refractivity contribution in [2.24, 2.45) is 0 Å². The summed E-state index contributed by atoms with van der Waals surface area (Å²) in [7, 11) is 1.87. The van der Waals surface area contributed by atoms with Gasteiger partial charge in [0.15, 0.2) is 0 Å². The van der Waals surface area contributed by atoms with Crippen LogP contribution in [0.15, 0.2) is 0 Å². The molecule has 0 aliphatic carbocycles. The van der Waals surface area contributed by atoms with Gasteiger partial charge in [0.2, 0.25) is 0 Å². The topological polar surface area (TPSA) is 52.6 Å².